The number of carbonyl (C=O) groups is 2. The molecule has 1 aliphatic rings. The molecule has 0 unspecified atom stereocenters. The van der Waals surface area contributed by atoms with Gasteiger partial charge in [-0.3, -0.25) is 14.6 Å². The lowest BCUT2D eigenvalue weighted by atomic mass is 10.1. The lowest BCUT2D eigenvalue weighted by Gasteiger charge is -2.15. The highest BCUT2D eigenvalue weighted by Crippen LogP contribution is 2.13. The van der Waals surface area contributed by atoms with Crippen molar-refractivity contribution in [3.63, 3.8) is 0 Å². The monoisotopic (exact) mass is 309 g/mol. The van der Waals surface area contributed by atoms with Crippen LogP contribution >= 0.6 is 0 Å². The molecule has 0 radical (unpaired) electrons. The molecule has 2 amide bonds. The van der Waals surface area contributed by atoms with Crippen molar-refractivity contribution < 1.29 is 9.59 Å². The molecule has 5 nitrogen and oxygen atoms in total. The van der Waals surface area contributed by atoms with Gasteiger partial charge in [0.15, 0.2) is 0 Å². The molecule has 0 spiro atoms. The summed E-state index contributed by atoms with van der Waals surface area (Å²) >= 11 is 0. The second kappa shape index (κ2) is 7.05. The molecule has 1 aromatic carbocycles. The number of hydrogen-bond donors (Lipinski definition) is 1. The molecule has 3 rings (SSSR count). The molecule has 0 atom stereocenters. The van der Waals surface area contributed by atoms with Crippen molar-refractivity contribution in [2.24, 2.45) is 0 Å². The van der Waals surface area contributed by atoms with Crippen molar-refractivity contribution in [3.05, 3.63) is 65.5 Å². The fraction of sp³-hybridized carbons (Fsp3) is 0.278. The van der Waals surface area contributed by atoms with Crippen molar-refractivity contribution in [1.82, 2.24) is 15.2 Å². The Morgan fingerprint density at radius 3 is 2.39 bits per heavy atom. The zero-order valence-electron chi connectivity index (χ0n) is 12.9. The number of aromatic nitrogens is 1. The van der Waals surface area contributed by atoms with E-state index in [1.807, 2.05) is 17.0 Å². The summed E-state index contributed by atoms with van der Waals surface area (Å²) in [6.45, 7) is 2.08. The van der Waals surface area contributed by atoms with Gasteiger partial charge in [-0.15, -0.1) is 0 Å². The van der Waals surface area contributed by atoms with E-state index in [1.54, 1.807) is 36.7 Å². The second-order valence-electron chi connectivity index (χ2n) is 5.62. The highest BCUT2D eigenvalue weighted by atomic mass is 16.2. The first-order chi connectivity index (χ1) is 11.2. The number of hydrogen-bond acceptors (Lipinski definition) is 3. The van der Waals surface area contributed by atoms with Gasteiger partial charge in [0.25, 0.3) is 11.8 Å². The van der Waals surface area contributed by atoms with Crippen LogP contribution in [0.3, 0.4) is 0 Å². The number of pyridine rings is 1. The van der Waals surface area contributed by atoms with Crippen LogP contribution in [0.15, 0.2) is 48.8 Å². The summed E-state index contributed by atoms with van der Waals surface area (Å²) in [5.74, 6) is -0.112. The number of nitrogens with zero attached hydrogens (tertiary/aromatic N) is 2. The van der Waals surface area contributed by atoms with Crippen LogP contribution in [0, 0.1) is 0 Å². The van der Waals surface area contributed by atoms with Crippen LogP contribution in [-0.4, -0.2) is 34.8 Å². The summed E-state index contributed by atoms with van der Waals surface area (Å²) < 4.78 is 0. The van der Waals surface area contributed by atoms with Crippen LogP contribution < -0.4 is 5.32 Å². The maximum Gasteiger partial charge on any atom is 0.253 e. The Hall–Kier alpha value is -2.69. The number of rotatable bonds is 4. The van der Waals surface area contributed by atoms with Gasteiger partial charge in [-0.25, -0.2) is 0 Å². The Labute approximate surface area is 135 Å². The highest BCUT2D eigenvalue weighted by Gasteiger charge is 2.19. The van der Waals surface area contributed by atoms with Crippen molar-refractivity contribution in [3.8, 4) is 0 Å². The molecular formula is C18H19N3O2. The Kier molecular flexibility index (Phi) is 4.66. The quantitative estimate of drug-likeness (QED) is 0.942. The van der Waals surface area contributed by atoms with E-state index in [1.165, 1.54) is 0 Å². The molecule has 1 saturated heterocycles. The molecule has 1 fully saturated rings. The maximum absolute atomic E-state index is 12.3. The van der Waals surface area contributed by atoms with Crippen LogP contribution in [0.2, 0.25) is 0 Å². The number of nitrogens with one attached hydrogen (secondary N) is 1. The van der Waals surface area contributed by atoms with Gasteiger partial charge < -0.3 is 10.2 Å². The number of likely N-dealkylation sites (tertiary alicyclic amines) is 1. The van der Waals surface area contributed by atoms with Gasteiger partial charge in [0.1, 0.15) is 0 Å². The Morgan fingerprint density at radius 2 is 1.74 bits per heavy atom. The molecule has 23 heavy (non-hydrogen) atoms. The third-order valence-corrected chi connectivity index (χ3v) is 3.96. The molecule has 2 aromatic rings. The molecule has 118 valence electrons. The van der Waals surface area contributed by atoms with Crippen LogP contribution in [0.4, 0.5) is 0 Å². The molecule has 2 heterocycles. The normalized spacial score (nSPS) is 13.8. The zero-order chi connectivity index (χ0) is 16.1. The van der Waals surface area contributed by atoms with Crippen LogP contribution in [0.1, 0.15) is 39.1 Å². The predicted molar refractivity (Wildman–Crippen MR) is 87.0 cm³/mol. The van der Waals surface area contributed by atoms with Crippen molar-refractivity contribution in [2.75, 3.05) is 13.1 Å². The fourth-order valence-electron chi connectivity index (χ4n) is 2.65. The summed E-state index contributed by atoms with van der Waals surface area (Å²) in [6, 6.07) is 10.6. The van der Waals surface area contributed by atoms with Crippen molar-refractivity contribution in [1.29, 1.82) is 0 Å². The average Bonchev–Trinajstić information content (AvgIpc) is 3.15. The first kappa shape index (κ1) is 15.2. The molecule has 0 aliphatic carbocycles. The van der Waals surface area contributed by atoms with Gasteiger partial charge in [0.2, 0.25) is 0 Å². The standard InChI is InChI=1S/C18H19N3O2/c22-17(20-13-14-4-3-9-19-12-14)15-5-7-16(8-6-15)18(23)21-10-1-2-11-21/h3-9,12H,1-2,10-11,13H2,(H,20,22). The number of benzene rings is 1. The minimum atomic E-state index is -0.158. The Balaban J connectivity index is 1.60. The van der Waals surface area contributed by atoms with Crippen molar-refractivity contribution in [2.45, 2.75) is 19.4 Å². The fourth-order valence-corrected chi connectivity index (χ4v) is 2.65. The second-order valence-corrected chi connectivity index (χ2v) is 5.62. The van der Waals surface area contributed by atoms with Crippen molar-refractivity contribution >= 4 is 11.8 Å². The van der Waals surface area contributed by atoms with Crippen LogP contribution in [0.25, 0.3) is 0 Å². The van der Waals surface area contributed by atoms with E-state index in [9.17, 15) is 9.59 Å². The topological polar surface area (TPSA) is 62.3 Å². The summed E-state index contributed by atoms with van der Waals surface area (Å²) in [7, 11) is 0. The first-order valence-corrected chi connectivity index (χ1v) is 7.80. The number of carbonyl (C=O) groups excluding carboxylic acids is 2. The minimum absolute atomic E-state index is 0.0461. The van der Waals surface area contributed by atoms with E-state index in [0.29, 0.717) is 17.7 Å². The molecule has 0 saturated carbocycles. The van der Waals surface area contributed by atoms with Gasteiger partial charge in [-0.1, -0.05) is 6.07 Å². The molecule has 0 bridgehead atoms. The molecule has 1 aliphatic heterocycles. The van der Waals surface area contributed by atoms with Crippen LogP contribution in [-0.2, 0) is 6.54 Å². The summed E-state index contributed by atoms with van der Waals surface area (Å²) in [5.41, 5.74) is 2.13. The molecule has 1 aromatic heterocycles. The lowest BCUT2D eigenvalue weighted by molar-refractivity contribution is 0.0792. The van der Waals surface area contributed by atoms with Gasteiger partial charge in [-0.2, -0.15) is 0 Å². The Bertz CT molecular complexity index is 677. The van der Waals surface area contributed by atoms with Gasteiger partial charge in [0.05, 0.1) is 0 Å². The molecule has 5 heteroatoms. The largest absolute Gasteiger partial charge is 0.348 e. The van der Waals surface area contributed by atoms with Gasteiger partial charge >= 0.3 is 0 Å². The predicted octanol–water partition coefficient (Wildman–Crippen LogP) is 2.25. The lowest BCUT2D eigenvalue weighted by Crippen LogP contribution is -2.27. The van der Waals surface area contributed by atoms with E-state index in [0.717, 1.165) is 31.5 Å². The van der Waals surface area contributed by atoms with E-state index >= 15 is 0 Å². The minimum Gasteiger partial charge on any atom is -0.348 e. The third kappa shape index (κ3) is 3.74. The summed E-state index contributed by atoms with van der Waals surface area (Å²) in [6.07, 6.45) is 5.56. The SMILES string of the molecule is O=C(NCc1cccnc1)c1ccc(C(=O)N2CCCC2)cc1. The van der Waals surface area contributed by atoms with E-state index in [4.69, 9.17) is 0 Å². The Morgan fingerprint density at radius 1 is 1.04 bits per heavy atom. The highest BCUT2D eigenvalue weighted by molar-refractivity contribution is 5.97. The smallest absolute Gasteiger partial charge is 0.253 e. The first-order valence-electron chi connectivity index (χ1n) is 7.80. The van der Waals surface area contributed by atoms with E-state index in [2.05, 4.69) is 10.3 Å². The maximum atomic E-state index is 12.3. The number of amides is 2. The van der Waals surface area contributed by atoms with E-state index < -0.39 is 0 Å². The molecule has 1 N–H and O–H groups in total. The average molecular weight is 309 g/mol. The van der Waals surface area contributed by atoms with Gasteiger partial charge in [-0.05, 0) is 48.7 Å². The van der Waals surface area contributed by atoms with E-state index in [-0.39, 0.29) is 11.8 Å². The van der Waals surface area contributed by atoms with Crippen LogP contribution in [0.5, 0.6) is 0 Å². The summed E-state index contributed by atoms with van der Waals surface area (Å²) in [5, 5.41) is 2.84. The molecular weight excluding hydrogens is 290 g/mol. The summed E-state index contributed by atoms with van der Waals surface area (Å²) in [4.78, 5) is 30.3. The van der Waals surface area contributed by atoms with Gasteiger partial charge in [0, 0.05) is 43.2 Å². The zero-order valence-corrected chi connectivity index (χ0v) is 12.9. The third-order valence-electron chi connectivity index (χ3n) is 3.96.